The van der Waals surface area contributed by atoms with Crippen molar-refractivity contribution in [1.82, 2.24) is 24.7 Å². The van der Waals surface area contributed by atoms with Crippen LogP contribution in [0.5, 0.6) is 0 Å². The first kappa shape index (κ1) is 18.5. The fraction of sp³-hybridized carbons (Fsp3) is 0.444. The average Bonchev–Trinajstić information content (AvgIpc) is 3.20. The van der Waals surface area contributed by atoms with Crippen molar-refractivity contribution in [3.8, 4) is 5.82 Å². The van der Waals surface area contributed by atoms with E-state index in [-0.39, 0.29) is 11.9 Å². The van der Waals surface area contributed by atoms with Crippen LogP contribution in [0.25, 0.3) is 16.7 Å². The van der Waals surface area contributed by atoms with Crippen molar-refractivity contribution >= 4 is 22.5 Å². The van der Waals surface area contributed by atoms with Crippen molar-refractivity contribution in [3.05, 3.63) is 30.4 Å². The van der Waals surface area contributed by atoms with Crippen LogP contribution in [-0.4, -0.2) is 50.9 Å². The van der Waals surface area contributed by atoms with Gasteiger partial charge in [0.25, 0.3) is 0 Å². The van der Waals surface area contributed by atoms with E-state index in [2.05, 4.69) is 32.1 Å². The lowest BCUT2D eigenvalue weighted by Gasteiger charge is -2.15. The Morgan fingerprint density at radius 1 is 1.29 bits per heavy atom. The molecule has 4 heterocycles. The minimum Gasteiger partial charge on any atom is -0.373 e. The topological polar surface area (TPSA) is 97.8 Å². The highest BCUT2D eigenvalue weighted by molar-refractivity contribution is 5.92. The number of nitrogens with two attached hydrogens (primary N) is 1. The zero-order chi connectivity index (χ0) is 20.1. The van der Waals surface area contributed by atoms with Crippen molar-refractivity contribution in [2.75, 3.05) is 30.4 Å². The monoisotopic (exact) mass is 388 g/mol. The van der Waals surface area contributed by atoms with Crippen LogP contribution in [-0.2, 0) is 5.92 Å². The highest BCUT2D eigenvalue weighted by Crippen LogP contribution is 2.32. The lowest BCUT2D eigenvalue weighted by atomic mass is 10.1. The number of fused-ring (bicyclic) bond motifs is 1. The molecule has 3 aromatic heterocycles. The average molecular weight is 388 g/mol. The molecule has 0 aromatic carbocycles. The second kappa shape index (κ2) is 6.62. The number of rotatable bonds is 4. The predicted octanol–water partition coefficient (Wildman–Crippen LogP) is 2.15. The summed E-state index contributed by atoms with van der Waals surface area (Å²) in [6.45, 7) is 4.31. The molecule has 1 fully saturated rings. The summed E-state index contributed by atoms with van der Waals surface area (Å²) < 4.78 is 29.0. The quantitative estimate of drug-likeness (QED) is 0.707. The van der Waals surface area contributed by atoms with Gasteiger partial charge in [0.1, 0.15) is 5.82 Å². The molecule has 1 aliphatic rings. The number of hydrogen-bond acceptors (Lipinski definition) is 7. The van der Waals surface area contributed by atoms with Crippen molar-refractivity contribution < 1.29 is 8.78 Å². The maximum atomic E-state index is 13.7. The van der Waals surface area contributed by atoms with Gasteiger partial charge in [-0.05, 0) is 5.92 Å². The lowest BCUT2D eigenvalue weighted by Crippen LogP contribution is -2.28. The second-order valence-corrected chi connectivity index (χ2v) is 7.25. The van der Waals surface area contributed by atoms with Gasteiger partial charge in [-0.15, -0.1) is 5.10 Å². The molecule has 0 radical (unpaired) electrons. The number of hydrogen-bond donors (Lipinski definition) is 2. The minimum atomic E-state index is -3.14. The Morgan fingerprint density at radius 3 is 2.71 bits per heavy atom. The van der Waals surface area contributed by atoms with Crippen molar-refractivity contribution in [1.29, 1.82) is 0 Å². The molecule has 0 aliphatic carbocycles. The molecule has 0 saturated carbocycles. The summed E-state index contributed by atoms with van der Waals surface area (Å²) in [5, 5.41) is 8.49. The van der Waals surface area contributed by atoms with Gasteiger partial charge < -0.3 is 16.0 Å². The molecule has 148 valence electrons. The van der Waals surface area contributed by atoms with E-state index in [1.807, 2.05) is 6.07 Å². The molecule has 3 N–H and O–H groups in total. The fourth-order valence-corrected chi connectivity index (χ4v) is 3.38. The van der Waals surface area contributed by atoms with E-state index in [4.69, 9.17) is 10.8 Å². The van der Waals surface area contributed by atoms with E-state index < -0.39 is 11.7 Å². The van der Waals surface area contributed by atoms with Crippen LogP contribution in [0.4, 0.5) is 20.4 Å². The van der Waals surface area contributed by atoms with Crippen LogP contribution < -0.4 is 16.0 Å². The molecule has 1 saturated heterocycles. The Hall–Kier alpha value is -2.88. The van der Waals surface area contributed by atoms with Gasteiger partial charge in [-0.3, -0.25) is 0 Å². The summed E-state index contributed by atoms with van der Waals surface area (Å²) in [5.41, 5.74) is 6.89. The zero-order valence-corrected chi connectivity index (χ0v) is 15.9. The van der Waals surface area contributed by atoms with Crippen LogP contribution in [0.3, 0.4) is 0 Å². The lowest BCUT2D eigenvalue weighted by molar-refractivity contribution is 0.00763. The first-order valence-electron chi connectivity index (χ1n) is 9.06. The number of pyridine rings is 1. The normalized spacial score (nSPS) is 20.1. The summed E-state index contributed by atoms with van der Waals surface area (Å²) in [4.78, 5) is 14.2. The third kappa shape index (κ3) is 3.13. The van der Waals surface area contributed by atoms with E-state index in [0.717, 1.165) is 18.9 Å². The van der Waals surface area contributed by atoms with Crippen molar-refractivity contribution in [3.63, 3.8) is 0 Å². The molecule has 10 heteroatoms. The van der Waals surface area contributed by atoms with Crippen LogP contribution >= 0.6 is 0 Å². The number of anilines is 2. The molecule has 2 unspecified atom stereocenters. The standard InChI is InChI=1S/C18H22F2N8/c1-10-8-27(9-12(10)21)16-11-7-24-14(22-3)6-13(11)28(26-16)15-4-5-23-17(25-15)18(2,19)20/h4-7,10,12H,8-9,21H2,1-3H3,(H,22,24). The molecule has 0 bridgehead atoms. The Labute approximate surface area is 160 Å². The van der Waals surface area contributed by atoms with Gasteiger partial charge in [-0.1, -0.05) is 6.92 Å². The Morgan fingerprint density at radius 2 is 2.07 bits per heavy atom. The van der Waals surface area contributed by atoms with Gasteiger partial charge in [0.15, 0.2) is 11.6 Å². The SMILES string of the molecule is CNc1cc2c(cn1)c(N1CC(C)C(N)C1)nn2-c1ccnc(C(C)(F)F)n1. The molecular weight excluding hydrogens is 366 g/mol. The molecule has 1 aliphatic heterocycles. The summed E-state index contributed by atoms with van der Waals surface area (Å²) >= 11 is 0. The summed E-state index contributed by atoms with van der Waals surface area (Å²) in [6.07, 6.45) is 3.04. The molecule has 3 aromatic rings. The second-order valence-electron chi connectivity index (χ2n) is 7.25. The molecule has 2 atom stereocenters. The first-order valence-corrected chi connectivity index (χ1v) is 9.06. The molecular formula is C18H22F2N8. The van der Waals surface area contributed by atoms with Gasteiger partial charge in [-0.25, -0.2) is 19.6 Å². The highest BCUT2D eigenvalue weighted by atomic mass is 19.3. The smallest absolute Gasteiger partial charge is 0.303 e. The number of nitrogens with zero attached hydrogens (tertiary/aromatic N) is 6. The van der Waals surface area contributed by atoms with E-state index in [9.17, 15) is 8.78 Å². The predicted molar refractivity (Wildman–Crippen MR) is 103 cm³/mol. The van der Waals surface area contributed by atoms with Crippen molar-refractivity contribution in [2.24, 2.45) is 11.7 Å². The van der Waals surface area contributed by atoms with Crippen LogP contribution in [0.2, 0.25) is 0 Å². The van der Waals surface area contributed by atoms with Crippen molar-refractivity contribution in [2.45, 2.75) is 25.8 Å². The largest absolute Gasteiger partial charge is 0.373 e. The van der Waals surface area contributed by atoms with E-state index in [1.165, 1.54) is 6.20 Å². The highest BCUT2D eigenvalue weighted by Gasteiger charge is 2.31. The fourth-order valence-electron chi connectivity index (χ4n) is 3.38. The molecule has 8 nitrogen and oxygen atoms in total. The van der Waals surface area contributed by atoms with Gasteiger partial charge in [0.05, 0.1) is 10.9 Å². The Balaban J connectivity index is 1.89. The summed E-state index contributed by atoms with van der Waals surface area (Å²) in [7, 11) is 1.76. The minimum absolute atomic E-state index is 0.0502. The zero-order valence-electron chi connectivity index (χ0n) is 15.9. The number of halogens is 2. The van der Waals surface area contributed by atoms with Crippen LogP contribution in [0, 0.1) is 5.92 Å². The molecule has 0 spiro atoms. The van der Waals surface area contributed by atoms with Gasteiger partial charge in [0, 0.05) is 57.6 Å². The van der Waals surface area contributed by atoms with E-state index in [1.54, 1.807) is 24.0 Å². The molecule has 0 amide bonds. The van der Waals surface area contributed by atoms with E-state index in [0.29, 0.717) is 29.6 Å². The number of aromatic nitrogens is 5. The third-order valence-corrected chi connectivity index (χ3v) is 5.02. The van der Waals surface area contributed by atoms with Gasteiger partial charge >= 0.3 is 5.92 Å². The van der Waals surface area contributed by atoms with Gasteiger partial charge in [-0.2, -0.15) is 8.78 Å². The summed E-state index contributed by atoms with van der Waals surface area (Å²) in [5.74, 6) is -1.73. The number of alkyl halides is 2. The van der Waals surface area contributed by atoms with E-state index >= 15 is 0 Å². The Kier molecular flexibility index (Phi) is 4.37. The number of nitrogens with one attached hydrogen (secondary N) is 1. The Bertz CT molecular complexity index is 1000. The summed E-state index contributed by atoms with van der Waals surface area (Å²) in [6, 6.07) is 3.43. The molecule has 28 heavy (non-hydrogen) atoms. The maximum absolute atomic E-state index is 13.7. The van der Waals surface area contributed by atoms with Crippen LogP contribution in [0.15, 0.2) is 24.5 Å². The third-order valence-electron chi connectivity index (χ3n) is 5.02. The molecule has 4 rings (SSSR count). The van der Waals surface area contributed by atoms with Gasteiger partial charge in [0.2, 0.25) is 5.82 Å². The maximum Gasteiger partial charge on any atom is 0.303 e. The van der Waals surface area contributed by atoms with Crippen LogP contribution in [0.1, 0.15) is 19.7 Å². The first-order chi connectivity index (χ1) is 13.3.